The minimum absolute atomic E-state index is 0.0214. The molecule has 0 bridgehead atoms. The van der Waals surface area contributed by atoms with Gasteiger partial charge in [0.05, 0.1) is 29.7 Å². The van der Waals surface area contributed by atoms with Crippen molar-refractivity contribution < 1.29 is 37.3 Å². The van der Waals surface area contributed by atoms with Gasteiger partial charge in [0, 0.05) is 74.7 Å². The maximum Gasteiger partial charge on any atom is 0.329 e. The van der Waals surface area contributed by atoms with Crippen molar-refractivity contribution >= 4 is 56.2 Å². The molecule has 7 fully saturated rings. The third-order valence-corrected chi connectivity index (χ3v) is 18.2. The summed E-state index contributed by atoms with van der Waals surface area (Å²) in [5.74, 6) is -0.710. The smallest absolute Gasteiger partial charge is 0.329 e. The van der Waals surface area contributed by atoms with E-state index in [0.29, 0.717) is 80.9 Å². The zero-order valence-electron chi connectivity index (χ0n) is 42.2. The summed E-state index contributed by atoms with van der Waals surface area (Å²) in [6.07, 6.45) is 13.5. The Kier molecular flexibility index (Phi) is 11.6. The van der Waals surface area contributed by atoms with E-state index < -0.39 is 17.7 Å². The highest BCUT2D eigenvalue weighted by atomic mass is 19.1. The standard InChI is InChI=1S/C56H63F3N10O5/c1-3-37-42(57)6-5-34-23-36(70)24-40(46(34)37)48-47(59)49-41(29-60-48)50(68-16-4-10-56(31-68)15-22-74-56)63-52(62-49)73-32-55(11-12-55)30-66-20-13-54(14-21-66)27-35(28-54)67-17-7-33(8-18-67)38-26-44-39(25-43(38)58)51(64-65(44)2)69-19-9-45(71)61-53(69)72/h5-6,23-26,29,33,35,70H,3-4,7-22,27-28,30-32H2,1-2H3,(H,61,71,72)/t56-/m0/s1. The van der Waals surface area contributed by atoms with Crippen molar-refractivity contribution in [3.05, 3.63) is 71.2 Å². The van der Waals surface area contributed by atoms with Crippen LogP contribution >= 0.6 is 0 Å². The number of aryl methyl sites for hydroxylation is 2. The fraction of sp³-hybridized carbons (Fsp3) is 0.536. The van der Waals surface area contributed by atoms with Crippen LogP contribution in [0.4, 0.5) is 29.6 Å². The lowest BCUT2D eigenvalue weighted by atomic mass is 9.59. The molecule has 0 unspecified atom stereocenters. The molecule has 7 aliphatic rings. The van der Waals surface area contributed by atoms with Crippen LogP contribution < -0.4 is 19.9 Å². The van der Waals surface area contributed by atoms with Crippen LogP contribution in [0, 0.1) is 28.3 Å². The van der Waals surface area contributed by atoms with Gasteiger partial charge < -0.3 is 29.3 Å². The van der Waals surface area contributed by atoms with E-state index in [1.165, 1.54) is 48.8 Å². The van der Waals surface area contributed by atoms with E-state index in [1.807, 2.05) is 13.0 Å². The molecule has 74 heavy (non-hydrogen) atoms. The fourth-order valence-corrected chi connectivity index (χ4v) is 13.7. The van der Waals surface area contributed by atoms with Crippen LogP contribution in [0.1, 0.15) is 101 Å². The number of phenols is 1. The number of anilines is 2. The first-order chi connectivity index (χ1) is 35.8. The number of aromatic hydroxyl groups is 1. The number of amides is 3. The van der Waals surface area contributed by atoms with Gasteiger partial charge in [-0.2, -0.15) is 15.1 Å². The van der Waals surface area contributed by atoms with Crippen molar-refractivity contribution in [2.45, 2.75) is 108 Å². The van der Waals surface area contributed by atoms with Crippen LogP contribution in [-0.2, 0) is 23.0 Å². The van der Waals surface area contributed by atoms with Gasteiger partial charge in [-0.1, -0.05) is 13.0 Å². The monoisotopic (exact) mass is 1010 g/mol. The molecular formula is C56H63F3N10O5. The molecule has 3 aromatic carbocycles. The summed E-state index contributed by atoms with van der Waals surface area (Å²) in [5, 5.41) is 19.8. The van der Waals surface area contributed by atoms with Gasteiger partial charge in [0.15, 0.2) is 11.6 Å². The second-order valence-electron chi connectivity index (χ2n) is 22.8. The van der Waals surface area contributed by atoms with Gasteiger partial charge in [-0.3, -0.25) is 24.7 Å². The number of rotatable bonds is 11. The Balaban J connectivity index is 0.657. The highest BCUT2D eigenvalue weighted by molar-refractivity contribution is 6.09. The summed E-state index contributed by atoms with van der Waals surface area (Å²) in [7, 11) is 1.81. The summed E-state index contributed by atoms with van der Waals surface area (Å²) in [6.45, 7) is 9.43. The van der Waals surface area contributed by atoms with Gasteiger partial charge in [0.2, 0.25) is 5.91 Å². The van der Waals surface area contributed by atoms with Crippen molar-refractivity contribution in [2.24, 2.45) is 17.9 Å². The highest BCUT2D eigenvalue weighted by Crippen LogP contribution is 2.54. The summed E-state index contributed by atoms with van der Waals surface area (Å²) in [5.41, 5.74) is 2.33. The number of piperidine rings is 3. The topological polar surface area (TPSA) is 154 Å². The molecule has 3 aromatic heterocycles. The number of halogens is 3. The first-order valence-electron chi connectivity index (χ1n) is 26.8. The number of hydrogen-bond donors (Lipinski definition) is 2. The number of carbonyl (C=O) groups excluding carboxylic acids is 2. The molecule has 2 saturated carbocycles. The summed E-state index contributed by atoms with van der Waals surface area (Å²) >= 11 is 0. The van der Waals surface area contributed by atoms with E-state index in [-0.39, 0.29) is 64.6 Å². The van der Waals surface area contributed by atoms with E-state index in [0.717, 1.165) is 96.3 Å². The molecule has 2 aliphatic carbocycles. The summed E-state index contributed by atoms with van der Waals surface area (Å²) in [4.78, 5) is 47.6. The Morgan fingerprint density at radius 2 is 1.69 bits per heavy atom. The molecule has 3 amide bonds. The molecule has 2 spiro atoms. The molecule has 13 rings (SSSR count). The number of hydrogen-bond acceptors (Lipinski definition) is 12. The van der Waals surface area contributed by atoms with Crippen LogP contribution in [0.15, 0.2) is 42.6 Å². The molecule has 5 aliphatic heterocycles. The SMILES string of the molecule is CCc1c(F)ccc2cc(O)cc(-c3ncc4c(N5CCC[C@]6(CCO6)C5)nc(OCC5(CN6CCC7(CC6)CC(N6CCC(c8cc9c(cc8F)c(N8CCC(=O)NC8=O)nn9C)CC6)C7)CC5)nc4c3F)c12. The number of fused-ring (bicyclic) bond motifs is 3. The average molecular weight is 1010 g/mol. The molecule has 0 radical (unpaired) electrons. The largest absolute Gasteiger partial charge is 0.508 e. The van der Waals surface area contributed by atoms with Crippen LogP contribution in [0.25, 0.3) is 43.8 Å². The molecule has 5 saturated heterocycles. The maximum atomic E-state index is 17.3. The van der Waals surface area contributed by atoms with Crippen LogP contribution in [0.2, 0.25) is 0 Å². The third-order valence-electron chi connectivity index (χ3n) is 18.2. The Morgan fingerprint density at radius 1 is 0.892 bits per heavy atom. The van der Waals surface area contributed by atoms with Gasteiger partial charge in [0.25, 0.3) is 0 Å². The first-order valence-corrected chi connectivity index (χ1v) is 26.8. The second-order valence-corrected chi connectivity index (χ2v) is 22.8. The van der Waals surface area contributed by atoms with Crippen molar-refractivity contribution in [1.29, 1.82) is 0 Å². The van der Waals surface area contributed by atoms with Gasteiger partial charge >= 0.3 is 12.0 Å². The van der Waals surface area contributed by atoms with Crippen LogP contribution in [0.5, 0.6) is 11.8 Å². The van der Waals surface area contributed by atoms with Crippen molar-refractivity contribution in [3.63, 3.8) is 0 Å². The number of nitrogens with zero attached hydrogens (tertiary/aromatic N) is 9. The quantitative estimate of drug-likeness (QED) is 0.127. The predicted molar refractivity (Wildman–Crippen MR) is 274 cm³/mol. The molecule has 8 heterocycles. The first kappa shape index (κ1) is 47.6. The maximum absolute atomic E-state index is 17.3. The van der Waals surface area contributed by atoms with Gasteiger partial charge in [0.1, 0.15) is 34.4 Å². The lowest BCUT2D eigenvalue weighted by Gasteiger charge is -2.56. The number of nitrogens with one attached hydrogen (secondary N) is 1. The Bertz CT molecular complexity index is 3240. The minimum atomic E-state index is -0.676. The number of ether oxygens (including phenoxy) is 2. The molecule has 2 N–H and O–H groups in total. The average Bonchev–Trinajstić information content (AvgIpc) is 4.08. The Hall–Kier alpha value is -6.11. The molecule has 18 heteroatoms. The third kappa shape index (κ3) is 8.29. The van der Waals surface area contributed by atoms with Gasteiger partial charge in [-0.05, 0) is 160 Å². The highest BCUT2D eigenvalue weighted by Gasteiger charge is 2.51. The van der Waals surface area contributed by atoms with Gasteiger partial charge in [-0.15, -0.1) is 0 Å². The van der Waals surface area contributed by atoms with Crippen LogP contribution in [0.3, 0.4) is 0 Å². The van der Waals surface area contributed by atoms with E-state index in [1.54, 1.807) is 30.1 Å². The number of imide groups is 1. The second kappa shape index (κ2) is 18.0. The lowest BCUT2D eigenvalue weighted by molar-refractivity contribution is -0.151. The number of benzene rings is 3. The normalized spacial score (nSPS) is 23.5. The molecule has 388 valence electrons. The van der Waals surface area contributed by atoms with Crippen molar-refractivity contribution in [1.82, 2.24) is 39.8 Å². The number of carbonyl (C=O) groups is 2. The molecule has 15 nitrogen and oxygen atoms in total. The predicted octanol–water partition coefficient (Wildman–Crippen LogP) is 8.91. The van der Waals surface area contributed by atoms with Crippen LogP contribution in [-0.4, -0.2) is 129 Å². The van der Waals surface area contributed by atoms with E-state index in [4.69, 9.17) is 19.4 Å². The zero-order valence-corrected chi connectivity index (χ0v) is 42.2. The molecule has 6 aromatic rings. The Morgan fingerprint density at radius 3 is 2.42 bits per heavy atom. The van der Waals surface area contributed by atoms with Crippen molar-refractivity contribution in [3.8, 4) is 23.0 Å². The molecular weight excluding hydrogens is 950 g/mol. The van der Waals surface area contributed by atoms with Gasteiger partial charge in [-0.25, -0.2) is 18.0 Å². The summed E-state index contributed by atoms with van der Waals surface area (Å²) in [6, 6.07) is 9.54. The zero-order chi connectivity index (χ0) is 50.7. The van der Waals surface area contributed by atoms with E-state index in [9.17, 15) is 14.7 Å². The number of likely N-dealkylation sites (tertiary alicyclic amines) is 2. The summed E-state index contributed by atoms with van der Waals surface area (Å²) < 4.78 is 62.8. The number of pyridine rings is 1. The number of phenolic OH excluding ortho intramolecular Hbond substituents is 1. The fourth-order valence-electron chi connectivity index (χ4n) is 13.7. The lowest BCUT2D eigenvalue weighted by Crippen LogP contribution is -2.56. The molecule has 1 atom stereocenters. The minimum Gasteiger partial charge on any atom is -0.508 e. The van der Waals surface area contributed by atoms with Crippen molar-refractivity contribution in [2.75, 3.05) is 75.4 Å². The number of urea groups is 1. The van der Waals surface area contributed by atoms with E-state index >= 15 is 13.2 Å². The number of aromatic nitrogens is 5. The van der Waals surface area contributed by atoms with E-state index in [2.05, 4.69) is 30.1 Å². The Labute approximate surface area is 427 Å².